The molecule has 3 rings (SSSR count). The predicted octanol–water partition coefficient (Wildman–Crippen LogP) is 4.30. The van der Waals surface area contributed by atoms with Gasteiger partial charge in [0.25, 0.3) is 5.56 Å². The Hall–Kier alpha value is -2.50. The number of halogens is 2. The van der Waals surface area contributed by atoms with Gasteiger partial charge in [-0.15, -0.1) is 0 Å². The highest BCUT2D eigenvalue weighted by atomic mass is 35.5. The maximum absolute atomic E-state index is 12.1. The van der Waals surface area contributed by atoms with Crippen molar-refractivity contribution in [3.8, 4) is 11.5 Å². The van der Waals surface area contributed by atoms with Gasteiger partial charge in [-0.3, -0.25) is 0 Å². The lowest BCUT2D eigenvalue weighted by atomic mass is 10.1. The third-order valence-electron chi connectivity index (χ3n) is 3.38. The molecule has 7 heteroatoms. The summed E-state index contributed by atoms with van der Waals surface area (Å²) in [7, 11) is 0. The SMILES string of the molecule is Cc1cc(=O)oc2cc(OC(=O)C(Cl)Oc3ccc(Cl)cc3)ccc12. The number of alkyl halides is 1. The number of rotatable bonds is 4. The van der Waals surface area contributed by atoms with Crippen molar-refractivity contribution in [1.82, 2.24) is 0 Å². The van der Waals surface area contributed by atoms with Crippen LogP contribution in [0.15, 0.2) is 57.7 Å². The molecule has 0 aliphatic rings. The first-order chi connectivity index (χ1) is 11.9. The fourth-order valence-corrected chi connectivity index (χ4v) is 2.49. The van der Waals surface area contributed by atoms with Crippen molar-refractivity contribution in [1.29, 1.82) is 0 Å². The van der Waals surface area contributed by atoms with Crippen LogP contribution in [0, 0.1) is 6.92 Å². The minimum Gasteiger partial charge on any atom is -0.463 e. The Kier molecular flexibility index (Phi) is 4.97. The van der Waals surface area contributed by atoms with Gasteiger partial charge < -0.3 is 13.9 Å². The fourth-order valence-electron chi connectivity index (χ4n) is 2.21. The zero-order valence-corrected chi connectivity index (χ0v) is 14.5. The van der Waals surface area contributed by atoms with Crippen LogP contribution in [-0.2, 0) is 4.79 Å². The van der Waals surface area contributed by atoms with E-state index in [1.165, 1.54) is 12.1 Å². The smallest absolute Gasteiger partial charge is 0.368 e. The summed E-state index contributed by atoms with van der Waals surface area (Å²) in [5.74, 6) is -0.232. The number of esters is 1. The zero-order valence-electron chi connectivity index (χ0n) is 13.0. The van der Waals surface area contributed by atoms with Crippen LogP contribution < -0.4 is 15.1 Å². The molecular weight excluding hydrogens is 367 g/mol. The van der Waals surface area contributed by atoms with Crippen molar-refractivity contribution in [2.45, 2.75) is 12.5 Å². The Bertz CT molecular complexity index is 979. The summed E-state index contributed by atoms with van der Waals surface area (Å²) in [5, 5.41) is 1.29. The lowest BCUT2D eigenvalue weighted by Crippen LogP contribution is -2.26. The van der Waals surface area contributed by atoms with Crippen LogP contribution >= 0.6 is 23.2 Å². The Morgan fingerprint density at radius 2 is 1.76 bits per heavy atom. The van der Waals surface area contributed by atoms with Gasteiger partial charge in [-0.2, -0.15) is 0 Å². The number of benzene rings is 2. The molecule has 0 aliphatic heterocycles. The molecule has 1 atom stereocenters. The van der Waals surface area contributed by atoms with Gasteiger partial charge in [-0.25, -0.2) is 9.59 Å². The van der Waals surface area contributed by atoms with Gasteiger partial charge in [-0.05, 0) is 48.9 Å². The highest BCUT2D eigenvalue weighted by Gasteiger charge is 2.20. The Morgan fingerprint density at radius 1 is 1.08 bits per heavy atom. The highest BCUT2D eigenvalue weighted by Crippen LogP contribution is 2.23. The average molecular weight is 379 g/mol. The molecule has 1 aromatic heterocycles. The summed E-state index contributed by atoms with van der Waals surface area (Å²) in [6, 6.07) is 12.5. The molecule has 128 valence electrons. The first-order valence-electron chi connectivity index (χ1n) is 7.25. The number of fused-ring (bicyclic) bond motifs is 1. The van der Waals surface area contributed by atoms with E-state index in [2.05, 4.69) is 0 Å². The van der Waals surface area contributed by atoms with Crippen molar-refractivity contribution in [3.05, 3.63) is 69.5 Å². The maximum atomic E-state index is 12.1. The normalized spacial score (nSPS) is 12.0. The fraction of sp³-hybridized carbons (Fsp3) is 0.111. The molecule has 0 radical (unpaired) electrons. The first-order valence-corrected chi connectivity index (χ1v) is 8.06. The molecule has 25 heavy (non-hydrogen) atoms. The molecule has 3 aromatic rings. The lowest BCUT2D eigenvalue weighted by Gasteiger charge is -2.12. The van der Waals surface area contributed by atoms with Crippen LogP contribution in [0.5, 0.6) is 11.5 Å². The van der Waals surface area contributed by atoms with Crippen molar-refractivity contribution < 1.29 is 18.7 Å². The number of aryl methyl sites for hydroxylation is 1. The quantitative estimate of drug-likeness (QED) is 0.293. The molecule has 0 N–H and O–H groups in total. The largest absolute Gasteiger partial charge is 0.463 e. The van der Waals surface area contributed by atoms with Crippen molar-refractivity contribution in [3.63, 3.8) is 0 Å². The van der Waals surface area contributed by atoms with E-state index in [9.17, 15) is 9.59 Å². The summed E-state index contributed by atoms with van der Waals surface area (Å²) < 4.78 is 15.6. The van der Waals surface area contributed by atoms with Gasteiger partial charge in [0.15, 0.2) is 0 Å². The van der Waals surface area contributed by atoms with Crippen LogP contribution in [0.1, 0.15) is 5.56 Å². The highest BCUT2D eigenvalue weighted by molar-refractivity contribution is 6.30. The average Bonchev–Trinajstić information content (AvgIpc) is 2.56. The summed E-state index contributed by atoms with van der Waals surface area (Å²) >= 11 is 11.7. The zero-order chi connectivity index (χ0) is 18.0. The number of carbonyl (C=O) groups is 1. The minimum atomic E-state index is -1.35. The van der Waals surface area contributed by atoms with Crippen molar-refractivity contribution >= 4 is 40.1 Å². The second-order valence-corrected chi connectivity index (χ2v) is 6.05. The third-order valence-corrected chi connectivity index (χ3v) is 3.90. The second-order valence-electron chi connectivity index (χ2n) is 5.22. The molecule has 5 nitrogen and oxygen atoms in total. The lowest BCUT2D eigenvalue weighted by molar-refractivity contribution is -0.138. The van der Waals surface area contributed by atoms with Crippen LogP contribution in [0.25, 0.3) is 11.0 Å². The summed E-state index contributed by atoms with van der Waals surface area (Å²) in [6.07, 6.45) is 0. The molecule has 0 fully saturated rings. The van der Waals surface area contributed by atoms with E-state index in [4.69, 9.17) is 37.1 Å². The van der Waals surface area contributed by atoms with Crippen molar-refractivity contribution in [2.24, 2.45) is 0 Å². The van der Waals surface area contributed by atoms with Gasteiger partial charge in [0.1, 0.15) is 17.1 Å². The van der Waals surface area contributed by atoms with Crippen LogP contribution in [0.4, 0.5) is 0 Å². The van der Waals surface area contributed by atoms with Crippen molar-refractivity contribution in [2.75, 3.05) is 0 Å². The number of ether oxygens (including phenoxy) is 2. The number of carbonyl (C=O) groups excluding carboxylic acids is 1. The maximum Gasteiger partial charge on any atom is 0.368 e. The van der Waals surface area contributed by atoms with E-state index in [-0.39, 0.29) is 5.75 Å². The number of hydrogen-bond acceptors (Lipinski definition) is 5. The van der Waals surface area contributed by atoms with Crippen LogP contribution in [0.3, 0.4) is 0 Å². The molecule has 0 saturated heterocycles. The molecule has 0 saturated carbocycles. The van der Waals surface area contributed by atoms with Gasteiger partial charge >= 0.3 is 11.6 Å². The van der Waals surface area contributed by atoms with Gasteiger partial charge in [0, 0.05) is 22.5 Å². The molecule has 0 amide bonds. The summed E-state index contributed by atoms with van der Waals surface area (Å²) in [5.41, 5.74) is -0.735. The molecule has 1 heterocycles. The minimum absolute atomic E-state index is 0.191. The van der Waals surface area contributed by atoms with Gasteiger partial charge in [0.2, 0.25) is 0 Å². The summed E-state index contributed by atoms with van der Waals surface area (Å²) in [6.45, 7) is 1.79. The van der Waals surface area contributed by atoms with Gasteiger partial charge in [-0.1, -0.05) is 23.2 Å². The van der Waals surface area contributed by atoms with E-state index in [0.29, 0.717) is 16.4 Å². The first kappa shape index (κ1) is 17.3. The van der Waals surface area contributed by atoms with E-state index in [1.807, 2.05) is 0 Å². The van der Waals surface area contributed by atoms with Crippen LogP contribution in [0.2, 0.25) is 5.02 Å². The predicted molar refractivity (Wildman–Crippen MR) is 94.6 cm³/mol. The van der Waals surface area contributed by atoms with E-state index in [0.717, 1.165) is 10.9 Å². The van der Waals surface area contributed by atoms with E-state index < -0.39 is 17.2 Å². The Labute approximate surface area is 152 Å². The van der Waals surface area contributed by atoms with E-state index in [1.54, 1.807) is 43.3 Å². The second kappa shape index (κ2) is 7.17. The monoisotopic (exact) mass is 378 g/mol. The standard InChI is InChI=1S/C18H12Cl2O5/c1-10-8-16(21)25-15-9-13(6-7-14(10)15)24-18(22)17(20)23-12-4-2-11(19)3-5-12/h2-9,17H,1H3. The molecule has 0 spiro atoms. The number of hydrogen-bond donors (Lipinski definition) is 0. The Balaban J connectivity index is 1.74. The Morgan fingerprint density at radius 3 is 2.48 bits per heavy atom. The summed E-state index contributed by atoms with van der Waals surface area (Å²) in [4.78, 5) is 23.5. The molecule has 1 unspecified atom stereocenters. The topological polar surface area (TPSA) is 65.7 Å². The molecule has 0 aliphatic carbocycles. The molecule has 0 bridgehead atoms. The third kappa shape index (κ3) is 4.13. The van der Waals surface area contributed by atoms with Gasteiger partial charge in [0.05, 0.1) is 0 Å². The molecule has 2 aromatic carbocycles. The van der Waals surface area contributed by atoms with E-state index >= 15 is 0 Å². The molecular formula is C18H12Cl2O5. The van der Waals surface area contributed by atoms with Crippen LogP contribution in [-0.4, -0.2) is 11.5 Å².